The molecule has 0 saturated carbocycles. The van der Waals surface area contributed by atoms with Gasteiger partial charge >= 0.3 is 0 Å². The fraction of sp³-hybridized carbons (Fsp3) is 1.00. The molecule has 0 aliphatic carbocycles. The van der Waals surface area contributed by atoms with Crippen LogP contribution < -0.4 is 5.14 Å². The maximum Gasteiger partial charge on any atom is 0.276 e. The molecule has 2 saturated heterocycles. The summed E-state index contributed by atoms with van der Waals surface area (Å²) in [5, 5.41) is 5.14. The number of hydrogen-bond acceptors (Lipinski definition) is 5. The quantitative estimate of drug-likeness (QED) is 0.714. The van der Waals surface area contributed by atoms with Crippen molar-refractivity contribution in [2.75, 3.05) is 52.4 Å². The molecule has 0 amide bonds. The highest BCUT2D eigenvalue weighted by Crippen LogP contribution is 2.12. The molecule has 118 valence electrons. The van der Waals surface area contributed by atoms with Crippen LogP contribution in [0.25, 0.3) is 0 Å². The normalized spacial score (nSPS) is 28.1. The number of nitrogens with zero attached hydrogens (tertiary/aromatic N) is 3. The predicted molar refractivity (Wildman–Crippen MR) is 77.6 cm³/mol. The molecular formula is C12H26N4O3S. The second-order valence-corrected chi connectivity index (χ2v) is 7.37. The van der Waals surface area contributed by atoms with Crippen LogP contribution in [-0.4, -0.2) is 87.1 Å². The van der Waals surface area contributed by atoms with E-state index in [1.165, 1.54) is 4.31 Å². The van der Waals surface area contributed by atoms with Crippen molar-refractivity contribution in [1.29, 1.82) is 0 Å². The van der Waals surface area contributed by atoms with Crippen LogP contribution in [0.4, 0.5) is 0 Å². The minimum atomic E-state index is -3.54. The molecule has 0 aromatic heterocycles. The van der Waals surface area contributed by atoms with Crippen LogP contribution in [0.15, 0.2) is 0 Å². The molecule has 1 atom stereocenters. The highest BCUT2D eigenvalue weighted by molar-refractivity contribution is 7.86. The Labute approximate surface area is 121 Å². The number of ether oxygens (including phenoxy) is 1. The summed E-state index contributed by atoms with van der Waals surface area (Å²) >= 11 is 0. The fourth-order valence-electron chi connectivity index (χ4n) is 2.78. The molecule has 0 aromatic rings. The van der Waals surface area contributed by atoms with E-state index in [4.69, 9.17) is 9.88 Å². The molecule has 0 aromatic carbocycles. The Morgan fingerprint density at radius 2 is 1.85 bits per heavy atom. The Kier molecular flexibility index (Phi) is 5.38. The van der Waals surface area contributed by atoms with Crippen molar-refractivity contribution in [2.24, 2.45) is 5.14 Å². The zero-order valence-electron chi connectivity index (χ0n) is 12.4. The summed E-state index contributed by atoms with van der Waals surface area (Å²) in [7, 11) is -3.54. The molecule has 20 heavy (non-hydrogen) atoms. The molecule has 2 aliphatic rings. The Hall–Kier alpha value is -0.250. The summed E-state index contributed by atoms with van der Waals surface area (Å²) < 4.78 is 29.7. The van der Waals surface area contributed by atoms with Gasteiger partial charge in [0.25, 0.3) is 10.2 Å². The average Bonchev–Trinajstić information content (AvgIpc) is 2.38. The molecule has 0 unspecified atom stereocenters. The highest BCUT2D eigenvalue weighted by Gasteiger charge is 2.28. The van der Waals surface area contributed by atoms with E-state index in [1.807, 2.05) is 0 Å². The molecule has 2 heterocycles. The second kappa shape index (κ2) is 6.67. The number of hydrogen-bond donors (Lipinski definition) is 1. The first-order chi connectivity index (χ1) is 9.36. The van der Waals surface area contributed by atoms with E-state index in [0.717, 1.165) is 39.3 Å². The van der Waals surface area contributed by atoms with E-state index < -0.39 is 10.2 Å². The van der Waals surface area contributed by atoms with Gasteiger partial charge in [-0.1, -0.05) is 0 Å². The van der Waals surface area contributed by atoms with Crippen LogP contribution in [0.3, 0.4) is 0 Å². The third kappa shape index (κ3) is 4.37. The van der Waals surface area contributed by atoms with Crippen LogP contribution in [-0.2, 0) is 14.9 Å². The van der Waals surface area contributed by atoms with E-state index in [1.54, 1.807) is 0 Å². The first kappa shape index (κ1) is 16.1. The summed E-state index contributed by atoms with van der Waals surface area (Å²) in [5.74, 6) is 0. The van der Waals surface area contributed by atoms with Gasteiger partial charge in [0.15, 0.2) is 0 Å². The van der Waals surface area contributed by atoms with Gasteiger partial charge in [-0.15, -0.1) is 0 Å². The third-order valence-electron chi connectivity index (χ3n) is 4.05. The Morgan fingerprint density at radius 1 is 1.20 bits per heavy atom. The molecule has 2 N–H and O–H groups in total. The molecular weight excluding hydrogens is 280 g/mol. The van der Waals surface area contributed by atoms with E-state index in [9.17, 15) is 8.42 Å². The molecule has 0 radical (unpaired) electrons. The lowest BCUT2D eigenvalue weighted by Gasteiger charge is -2.39. The second-order valence-electron chi connectivity index (χ2n) is 5.83. The van der Waals surface area contributed by atoms with Gasteiger partial charge in [0.05, 0.1) is 12.7 Å². The maximum atomic E-state index is 11.3. The largest absolute Gasteiger partial charge is 0.374 e. The zero-order valence-corrected chi connectivity index (χ0v) is 13.2. The SMILES string of the molecule is CC(C)N1CCO[C@@H](CN2CCN(S(N)(=O)=O)CC2)C1. The van der Waals surface area contributed by atoms with Crippen molar-refractivity contribution in [2.45, 2.75) is 26.0 Å². The van der Waals surface area contributed by atoms with Crippen molar-refractivity contribution in [3.05, 3.63) is 0 Å². The van der Waals surface area contributed by atoms with Crippen molar-refractivity contribution < 1.29 is 13.2 Å². The van der Waals surface area contributed by atoms with Gasteiger partial charge in [-0.05, 0) is 13.8 Å². The minimum Gasteiger partial charge on any atom is -0.374 e. The molecule has 7 nitrogen and oxygen atoms in total. The lowest BCUT2D eigenvalue weighted by atomic mass is 10.2. The summed E-state index contributed by atoms with van der Waals surface area (Å²) in [5.41, 5.74) is 0. The van der Waals surface area contributed by atoms with Crippen molar-refractivity contribution in [3.63, 3.8) is 0 Å². The van der Waals surface area contributed by atoms with Gasteiger partial charge in [0.2, 0.25) is 0 Å². The lowest BCUT2D eigenvalue weighted by Crippen LogP contribution is -2.55. The topological polar surface area (TPSA) is 79.1 Å². The first-order valence-electron chi connectivity index (χ1n) is 7.22. The summed E-state index contributed by atoms with van der Waals surface area (Å²) in [6.07, 6.45) is 0.215. The smallest absolute Gasteiger partial charge is 0.276 e. The van der Waals surface area contributed by atoms with Crippen LogP contribution in [0, 0.1) is 0 Å². The highest BCUT2D eigenvalue weighted by atomic mass is 32.2. The van der Waals surface area contributed by atoms with Crippen molar-refractivity contribution in [1.82, 2.24) is 14.1 Å². The van der Waals surface area contributed by atoms with Crippen LogP contribution in [0.5, 0.6) is 0 Å². The predicted octanol–water partition coefficient (Wildman–Crippen LogP) is -1.08. The van der Waals surface area contributed by atoms with Gasteiger partial charge in [-0.3, -0.25) is 9.80 Å². The third-order valence-corrected chi connectivity index (χ3v) is 5.14. The average molecular weight is 306 g/mol. The van der Waals surface area contributed by atoms with Gasteiger partial charge in [-0.25, -0.2) is 5.14 Å². The standard InChI is InChI=1S/C12H26N4O3S/c1-11(2)15-7-8-19-12(10-15)9-14-3-5-16(6-4-14)20(13,17)18/h11-12H,3-10H2,1-2H3,(H2,13,17,18)/t12-/m0/s1. The molecule has 0 spiro atoms. The molecule has 8 heteroatoms. The van der Waals surface area contributed by atoms with Crippen LogP contribution >= 0.6 is 0 Å². The van der Waals surface area contributed by atoms with Crippen molar-refractivity contribution in [3.8, 4) is 0 Å². The number of nitrogens with two attached hydrogens (primary N) is 1. The summed E-state index contributed by atoms with van der Waals surface area (Å²) in [6, 6.07) is 0.542. The van der Waals surface area contributed by atoms with E-state index in [0.29, 0.717) is 19.1 Å². The van der Waals surface area contributed by atoms with E-state index in [2.05, 4.69) is 23.6 Å². The molecule has 0 bridgehead atoms. The van der Waals surface area contributed by atoms with Gasteiger partial charge in [0, 0.05) is 51.9 Å². The van der Waals surface area contributed by atoms with E-state index >= 15 is 0 Å². The summed E-state index contributed by atoms with van der Waals surface area (Å²) in [4.78, 5) is 4.69. The minimum absolute atomic E-state index is 0.215. The first-order valence-corrected chi connectivity index (χ1v) is 8.72. The van der Waals surface area contributed by atoms with Gasteiger partial charge in [0.1, 0.15) is 0 Å². The van der Waals surface area contributed by atoms with E-state index in [-0.39, 0.29) is 6.10 Å². The van der Waals surface area contributed by atoms with Gasteiger partial charge in [-0.2, -0.15) is 12.7 Å². The lowest BCUT2D eigenvalue weighted by molar-refractivity contribution is -0.0545. The molecule has 2 fully saturated rings. The van der Waals surface area contributed by atoms with Crippen LogP contribution in [0.1, 0.15) is 13.8 Å². The monoisotopic (exact) mass is 306 g/mol. The Morgan fingerprint density at radius 3 is 2.40 bits per heavy atom. The Bertz CT molecular complexity index is 407. The number of piperazine rings is 1. The zero-order chi connectivity index (χ0) is 14.8. The van der Waals surface area contributed by atoms with Crippen LogP contribution in [0.2, 0.25) is 0 Å². The number of morpholine rings is 1. The maximum absolute atomic E-state index is 11.3. The van der Waals surface area contributed by atoms with Crippen molar-refractivity contribution >= 4 is 10.2 Å². The Balaban J connectivity index is 1.78. The molecule has 2 rings (SSSR count). The fourth-order valence-corrected chi connectivity index (χ4v) is 3.45. The molecule has 2 aliphatic heterocycles. The number of rotatable bonds is 4. The summed E-state index contributed by atoms with van der Waals surface area (Å²) in [6.45, 7) is 10.4. The van der Waals surface area contributed by atoms with Gasteiger partial charge < -0.3 is 4.74 Å².